The van der Waals surface area contributed by atoms with Crippen LogP contribution >= 0.6 is 0 Å². The van der Waals surface area contributed by atoms with Gasteiger partial charge in [0.2, 0.25) is 5.88 Å². The van der Waals surface area contributed by atoms with Gasteiger partial charge in [-0.05, 0) is 30.3 Å². The molecule has 1 aliphatic heterocycles. The Hall–Kier alpha value is -3.41. The summed E-state index contributed by atoms with van der Waals surface area (Å²) in [6.07, 6.45) is 5.18. The van der Waals surface area contributed by atoms with Gasteiger partial charge in [-0.3, -0.25) is 4.57 Å². The zero-order chi connectivity index (χ0) is 16.5. The maximum absolute atomic E-state index is 10.3. The Labute approximate surface area is 138 Å². The molecule has 0 aliphatic carbocycles. The van der Waals surface area contributed by atoms with Crippen molar-refractivity contribution in [3.63, 3.8) is 0 Å². The maximum Gasteiger partial charge on any atom is 0.305 e. The lowest BCUT2D eigenvalue weighted by atomic mass is 10.1. The number of hydrogen-bond donors (Lipinski definition) is 1. The van der Waals surface area contributed by atoms with Crippen LogP contribution in [0.25, 0.3) is 11.6 Å². The molecule has 0 fully saturated rings. The fourth-order valence-corrected chi connectivity index (χ4v) is 2.46. The van der Waals surface area contributed by atoms with E-state index < -0.39 is 0 Å². The van der Waals surface area contributed by atoms with Crippen LogP contribution < -0.4 is 4.74 Å². The van der Waals surface area contributed by atoms with E-state index in [1.807, 2.05) is 42.5 Å². The number of aromatic hydroxyl groups is 1. The molecule has 3 heterocycles. The minimum atomic E-state index is 0.0270. The van der Waals surface area contributed by atoms with Gasteiger partial charge in [-0.15, -0.1) is 0 Å². The summed E-state index contributed by atoms with van der Waals surface area (Å²) in [6, 6.07) is 13.4. The number of pyridine rings is 1. The van der Waals surface area contributed by atoms with Gasteiger partial charge in [0.1, 0.15) is 11.4 Å². The number of allylic oxidation sites excluding steroid dienone is 1. The molecule has 0 saturated carbocycles. The number of ether oxygens (including phenoxy) is 1. The number of nitrogens with zero attached hydrogens (tertiary/aromatic N) is 4. The van der Waals surface area contributed by atoms with Crippen LogP contribution in [0.5, 0.6) is 17.6 Å². The average molecular weight is 318 g/mol. The second kappa shape index (κ2) is 5.66. The average Bonchev–Trinajstić information content (AvgIpc) is 3.13. The summed E-state index contributed by atoms with van der Waals surface area (Å²) in [5.74, 6) is 1.35. The SMILES string of the molecule is Cn1c(Oc2ccccc2)nc(/C=C2/C=Nc3ncccc32)c1O. The normalized spacial score (nSPS) is 14.1. The Morgan fingerprint density at radius 2 is 1.96 bits per heavy atom. The van der Waals surface area contributed by atoms with Crippen molar-refractivity contribution >= 4 is 23.7 Å². The Kier molecular flexibility index (Phi) is 3.35. The van der Waals surface area contributed by atoms with Crippen molar-refractivity contribution in [2.45, 2.75) is 0 Å². The Morgan fingerprint density at radius 3 is 2.79 bits per heavy atom. The van der Waals surface area contributed by atoms with Crippen molar-refractivity contribution in [1.29, 1.82) is 0 Å². The van der Waals surface area contributed by atoms with E-state index in [9.17, 15) is 5.11 Å². The molecule has 0 amide bonds. The third-order valence-corrected chi connectivity index (χ3v) is 3.72. The number of para-hydroxylation sites is 1. The van der Waals surface area contributed by atoms with Gasteiger partial charge in [-0.25, -0.2) is 9.98 Å². The number of benzene rings is 1. The smallest absolute Gasteiger partial charge is 0.305 e. The lowest BCUT2D eigenvalue weighted by Gasteiger charge is -2.03. The van der Waals surface area contributed by atoms with Gasteiger partial charge in [0.25, 0.3) is 0 Å². The number of aliphatic imine (C=N–C) groups is 1. The highest BCUT2D eigenvalue weighted by Gasteiger charge is 2.18. The van der Waals surface area contributed by atoms with Crippen molar-refractivity contribution in [2.75, 3.05) is 0 Å². The summed E-state index contributed by atoms with van der Waals surface area (Å²) in [6.45, 7) is 0. The van der Waals surface area contributed by atoms with E-state index in [0.717, 1.165) is 11.1 Å². The Morgan fingerprint density at radius 1 is 1.12 bits per heavy atom. The zero-order valence-corrected chi connectivity index (χ0v) is 12.9. The predicted molar refractivity (Wildman–Crippen MR) is 91.6 cm³/mol. The van der Waals surface area contributed by atoms with Crippen molar-refractivity contribution < 1.29 is 9.84 Å². The van der Waals surface area contributed by atoms with Crippen LogP contribution in [0.1, 0.15) is 11.3 Å². The first-order valence-corrected chi connectivity index (χ1v) is 7.42. The molecule has 0 unspecified atom stereocenters. The van der Waals surface area contributed by atoms with Gasteiger partial charge in [-0.1, -0.05) is 18.2 Å². The highest BCUT2D eigenvalue weighted by molar-refractivity contribution is 6.20. The molecular weight excluding hydrogens is 304 g/mol. The van der Waals surface area contributed by atoms with Gasteiger partial charge in [-0.2, -0.15) is 4.98 Å². The maximum atomic E-state index is 10.3. The van der Waals surface area contributed by atoms with Crippen LogP contribution in [0.15, 0.2) is 53.7 Å². The number of hydrogen-bond acceptors (Lipinski definition) is 5. The van der Waals surface area contributed by atoms with Crippen molar-refractivity contribution in [3.05, 3.63) is 59.9 Å². The van der Waals surface area contributed by atoms with Crippen LogP contribution in [-0.4, -0.2) is 25.9 Å². The second-order valence-corrected chi connectivity index (χ2v) is 5.31. The third kappa shape index (κ3) is 2.44. The van der Waals surface area contributed by atoms with Crippen LogP contribution in [-0.2, 0) is 7.05 Å². The van der Waals surface area contributed by atoms with E-state index in [1.165, 1.54) is 4.57 Å². The molecule has 1 aromatic carbocycles. The molecular formula is C18H14N4O2. The quantitative estimate of drug-likeness (QED) is 0.801. The minimum Gasteiger partial charge on any atom is -0.493 e. The summed E-state index contributed by atoms with van der Waals surface area (Å²) >= 11 is 0. The summed E-state index contributed by atoms with van der Waals surface area (Å²) in [4.78, 5) is 12.8. The summed E-state index contributed by atoms with van der Waals surface area (Å²) in [5.41, 5.74) is 2.17. The molecule has 0 radical (unpaired) electrons. The first kappa shape index (κ1) is 14.2. The molecule has 118 valence electrons. The molecule has 0 saturated heterocycles. The molecule has 0 spiro atoms. The van der Waals surface area contributed by atoms with Gasteiger partial charge in [0.05, 0.1) is 0 Å². The van der Waals surface area contributed by atoms with Crippen LogP contribution in [0, 0.1) is 0 Å². The fourth-order valence-electron chi connectivity index (χ4n) is 2.46. The van der Waals surface area contributed by atoms with E-state index in [4.69, 9.17) is 4.74 Å². The third-order valence-electron chi connectivity index (χ3n) is 3.72. The van der Waals surface area contributed by atoms with Gasteiger partial charge in [0, 0.05) is 30.6 Å². The van der Waals surface area contributed by atoms with Crippen LogP contribution in [0.4, 0.5) is 5.82 Å². The summed E-state index contributed by atoms with van der Waals surface area (Å²) in [5, 5.41) is 10.3. The monoisotopic (exact) mass is 318 g/mol. The molecule has 24 heavy (non-hydrogen) atoms. The number of aromatic nitrogens is 3. The predicted octanol–water partition coefficient (Wildman–Crippen LogP) is 3.57. The molecule has 2 aromatic heterocycles. The zero-order valence-electron chi connectivity index (χ0n) is 12.9. The van der Waals surface area contributed by atoms with Crippen LogP contribution in [0.2, 0.25) is 0 Å². The molecule has 1 aliphatic rings. The molecule has 1 N–H and O–H groups in total. The summed E-state index contributed by atoms with van der Waals surface area (Å²) in [7, 11) is 1.70. The summed E-state index contributed by atoms with van der Waals surface area (Å²) < 4.78 is 7.22. The van der Waals surface area contributed by atoms with E-state index in [0.29, 0.717) is 23.3 Å². The molecule has 6 nitrogen and oxygen atoms in total. The molecule has 0 bridgehead atoms. The number of rotatable bonds is 3. The molecule has 3 aromatic rings. The largest absolute Gasteiger partial charge is 0.493 e. The fraction of sp³-hybridized carbons (Fsp3) is 0.0556. The lowest BCUT2D eigenvalue weighted by molar-refractivity contribution is 0.388. The molecule has 4 rings (SSSR count). The lowest BCUT2D eigenvalue weighted by Crippen LogP contribution is -1.93. The first-order valence-electron chi connectivity index (χ1n) is 7.42. The number of imidazole rings is 1. The van der Waals surface area contributed by atoms with Crippen molar-refractivity contribution in [1.82, 2.24) is 14.5 Å². The first-order chi connectivity index (χ1) is 11.7. The highest BCUT2D eigenvalue weighted by atomic mass is 16.5. The highest BCUT2D eigenvalue weighted by Crippen LogP contribution is 2.33. The molecule has 6 heteroatoms. The van der Waals surface area contributed by atoms with Crippen LogP contribution in [0.3, 0.4) is 0 Å². The standard InChI is InChI=1S/C18H14N4O2/c1-22-17(23)15(21-18(22)24-13-6-3-2-4-7-13)10-12-11-20-16-14(12)8-5-9-19-16/h2-11,23H,1H3/b12-10-. The van der Waals surface area contributed by atoms with E-state index >= 15 is 0 Å². The van der Waals surface area contributed by atoms with Gasteiger partial charge in [0.15, 0.2) is 5.82 Å². The van der Waals surface area contributed by atoms with E-state index in [-0.39, 0.29) is 5.88 Å². The van der Waals surface area contributed by atoms with Crippen molar-refractivity contribution in [2.24, 2.45) is 12.0 Å². The second-order valence-electron chi connectivity index (χ2n) is 5.31. The minimum absolute atomic E-state index is 0.0270. The topological polar surface area (TPSA) is 72.5 Å². The van der Waals surface area contributed by atoms with E-state index in [1.54, 1.807) is 25.5 Å². The molecule has 0 atom stereocenters. The van der Waals surface area contributed by atoms with Crippen molar-refractivity contribution in [3.8, 4) is 17.6 Å². The van der Waals surface area contributed by atoms with Gasteiger partial charge < -0.3 is 9.84 Å². The Balaban J connectivity index is 1.69. The van der Waals surface area contributed by atoms with Gasteiger partial charge >= 0.3 is 6.01 Å². The van der Waals surface area contributed by atoms with E-state index in [2.05, 4.69) is 15.0 Å². The number of fused-ring (bicyclic) bond motifs is 1. The Bertz CT molecular complexity index is 958.